The third-order valence-corrected chi connectivity index (χ3v) is 4.13. The molecule has 0 unspecified atom stereocenters. The Morgan fingerprint density at radius 1 is 1.11 bits per heavy atom. The Morgan fingerprint density at radius 2 is 1.74 bits per heavy atom. The highest BCUT2D eigenvalue weighted by molar-refractivity contribution is 5.86. The fourth-order valence-electron chi connectivity index (χ4n) is 2.39. The molecule has 27 heavy (non-hydrogen) atoms. The molecular formula is C19H26N2O6. The summed E-state index contributed by atoms with van der Waals surface area (Å²) in [6.07, 6.45) is 2.52. The van der Waals surface area contributed by atoms with Crippen molar-refractivity contribution >= 4 is 17.8 Å². The van der Waals surface area contributed by atoms with E-state index in [2.05, 4.69) is 5.32 Å². The molecule has 8 heteroatoms. The zero-order valence-corrected chi connectivity index (χ0v) is 15.9. The molecule has 0 aromatic heterocycles. The molecule has 1 aliphatic rings. The van der Waals surface area contributed by atoms with Gasteiger partial charge in [0.1, 0.15) is 11.5 Å². The van der Waals surface area contributed by atoms with Gasteiger partial charge in [-0.25, -0.2) is 0 Å². The molecule has 0 atom stereocenters. The predicted octanol–water partition coefficient (Wildman–Crippen LogP) is 0.917. The lowest BCUT2D eigenvalue weighted by atomic mass is 10.1. The average molecular weight is 378 g/mol. The summed E-state index contributed by atoms with van der Waals surface area (Å²) >= 11 is 0. The third kappa shape index (κ3) is 7.16. The molecule has 1 aromatic carbocycles. The van der Waals surface area contributed by atoms with Gasteiger partial charge >= 0.3 is 5.97 Å². The molecule has 0 radical (unpaired) electrons. The number of ether oxygens (including phenoxy) is 3. The first-order chi connectivity index (χ1) is 12.9. The first-order valence-corrected chi connectivity index (χ1v) is 8.82. The lowest BCUT2D eigenvalue weighted by Gasteiger charge is -2.16. The SMILES string of the molecule is COc1cc(CCC(=O)OCC(=O)N(C)CC(=O)NC2CC2)cc(OC)c1. The maximum absolute atomic E-state index is 12.0. The van der Waals surface area contributed by atoms with Gasteiger partial charge in [-0.05, 0) is 37.0 Å². The standard InChI is InChI=1S/C19H26N2O6/c1-21(11-17(22)20-14-5-6-14)18(23)12-27-19(24)7-4-13-8-15(25-2)10-16(9-13)26-3/h8-10,14H,4-7,11-12H2,1-3H3,(H,20,22). The number of nitrogens with zero attached hydrogens (tertiary/aromatic N) is 1. The van der Waals surface area contributed by atoms with Crippen LogP contribution >= 0.6 is 0 Å². The maximum Gasteiger partial charge on any atom is 0.306 e. The Bertz CT molecular complexity index is 665. The van der Waals surface area contributed by atoms with Crippen LogP contribution in [0.4, 0.5) is 0 Å². The Kier molecular flexibility index (Phi) is 7.45. The van der Waals surface area contributed by atoms with Crippen molar-refractivity contribution in [1.82, 2.24) is 10.2 Å². The predicted molar refractivity (Wildman–Crippen MR) is 97.6 cm³/mol. The van der Waals surface area contributed by atoms with E-state index in [1.54, 1.807) is 20.3 Å². The van der Waals surface area contributed by atoms with Crippen molar-refractivity contribution in [2.45, 2.75) is 31.7 Å². The molecule has 0 saturated heterocycles. The molecule has 0 spiro atoms. The van der Waals surface area contributed by atoms with Crippen LogP contribution < -0.4 is 14.8 Å². The minimum atomic E-state index is -0.485. The van der Waals surface area contributed by atoms with Gasteiger partial charge in [-0.3, -0.25) is 14.4 Å². The highest BCUT2D eigenvalue weighted by Crippen LogP contribution is 2.23. The number of rotatable bonds is 10. The van der Waals surface area contributed by atoms with E-state index in [9.17, 15) is 14.4 Å². The Morgan fingerprint density at radius 3 is 2.30 bits per heavy atom. The van der Waals surface area contributed by atoms with E-state index in [1.807, 2.05) is 12.1 Å². The van der Waals surface area contributed by atoms with Crippen LogP contribution in [0.3, 0.4) is 0 Å². The Hall–Kier alpha value is -2.77. The molecular weight excluding hydrogens is 352 g/mol. The van der Waals surface area contributed by atoms with Crippen LogP contribution in [0, 0.1) is 0 Å². The smallest absolute Gasteiger partial charge is 0.306 e. The van der Waals surface area contributed by atoms with Crippen LogP contribution in [-0.4, -0.2) is 63.1 Å². The van der Waals surface area contributed by atoms with Gasteiger partial charge in [-0.2, -0.15) is 0 Å². The van der Waals surface area contributed by atoms with Crippen LogP contribution in [0.1, 0.15) is 24.8 Å². The summed E-state index contributed by atoms with van der Waals surface area (Å²) in [7, 11) is 4.62. The Balaban J connectivity index is 1.72. The summed E-state index contributed by atoms with van der Waals surface area (Å²) in [5.41, 5.74) is 0.864. The number of aryl methyl sites for hydroxylation is 1. The van der Waals surface area contributed by atoms with E-state index in [0.717, 1.165) is 18.4 Å². The van der Waals surface area contributed by atoms with Gasteiger partial charge in [0.15, 0.2) is 6.61 Å². The molecule has 0 heterocycles. The van der Waals surface area contributed by atoms with Gasteiger partial charge in [-0.1, -0.05) is 0 Å². The number of hydrogen-bond acceptors (Lipinski definition) is 6. The molecule has 2 amide bonds. The van der Waals surface area contributed by atoms with Crippen molar-refractivity contribution in [1.29, 1.82) is 0 Å². The van der Waals surface area contributed by atoms with Crippen LogP contribution in [0.15, 0.2) is 18.2 Å². The van der Waals surface area contributed by atoms with E-state index in [1.165, 1.54) is 11.9 Å². The van der Waals surface area contributed by atoms with Crippen LogP contribution in [0.2, 0.25) is 0 Å². The largest absolute Gasteiger partial charge is 0.497 e. The lowest BCUT2D eigenvalue weighted by Crippen LogP contribution is -2.40. The van der Waals surface area contributed by atoms with Gasteiger partial charge in [-0.15, -0.1) is 0 Å². The second-order valence-electron chi connectivity index (χ2n) is 6.47. The Labute approximate surface area is 158 Å². The number of esters is 1. The molecule has 0 bridgehead atoms. The number of nitrogens with one attached hydrogen (secondary N) is 1. The van der Waals surface area contributed by atoms with Gasteiger partial charge in [0.05, 0.1) is 20.8 Å². The number of methoxy groups -OCH3 is 2. The first-order valence-electron chi connectivity index (χ1n) is 8.82. The van der Waals surface area contributed by atoms with E-state index < -0.39 is 11.9 Å². The minimum Gasteiger partial charge on any atom is -0.497 e. The second kappa shape index (κ2) is 9.80. The fraction of sp³-hybridized carbons (Fsp3) is 0.526. The number of carbonyl (C=O) groups is 3. The molecule has 148 valence electrons. The first kappa shape index (κ1) is 20.5. The zero-order valence-electron chi connectivity index (χ0n) is 15.9. The fourth-order valence-corrected chi connectivity index (χ4v) is 2.39. The lowest BCUT2D eigenvalue weighted by molar-refractivity contribution is -0.151. The summed E-state index contributed by atoms with van der Waals surface area (Å²) < 4.78 is 15.4. The highest BCUT2D eigenvalue weighted by atomic mass is 16.5. The van der Waals surface area contributed by atoms with Crippen LogP contribution in [-0.2, 0) is 25.5 Å². The maximum atomic E-state index is 12.0. The molecule has 0 aliphatic heterocycles. The van der Waals surface area contributed by atoms with Gasteiger partial charge in [0.25, 0.3) is 5.91 Å². The van der Waals surface area contributed by atoms with Gasteiger partial charge in [0, 0.05) is 25.6 Å². The number of hydrogen-bond donors (Lipinski definition) is 1. The van der Waals surface area contributed by atoms with E-state index >= 15 is 0 Å². The highest BCUT2D eigenvalue weighted by Gasteiger charge is 2.24. The number of benzene rings is 1. The number of likely N-dealkylation sites (N-methyl/N-ethyl adjacent to an activating group) is 1. The van der Waals surface area contributed by atoms with Crippen LogP contribution in [0.5, 0.6) is 11.5 Å². The third-order valence-electron chi connectivity index (χ3n) is 4.13. The number of carbonyl (C=O) groups excluding carboxylic acids is 3. The van der Waals surface area contributed by atoms with Crippen molar-refractivity contribution in [3.63, 3.8) is 0 Å². The average Bonchev–Trinajstić information content (AvgIpc) is 3.47. The van der Waals surface area contributed by atoms with Crippen molar-refractivity contribution < 1.29 is 28.6 Å². The molecule has 1 aromatic rings. The zero-order chi connectivity index (χ0) is 19.8. The quantitative estimate of drug-likeness (QED) is 0.609. The van der Waals surface area contributed by atoms with Crippen molar-refractivity contribution in [3.8, 4) is 11.5 Å². The van der Waals surface area contributed by atoms with Gasteiger partial charge in [0.2, 0.25) is 5.91 Å². The van der Waals surface area contributed by atoms with Crippen molar-refractivity contribution in [3.05, 3.63) is 23.8 Å². The second-order valence-corrected chi connectivity index (χ2v) is 6.47. The monoisotopic (exact) mass is 378 g/mol. The van der Waals surface area contributed by atoms with Crippen molar-refractivity contribution in [2.75, 3.05) is 34.4 Å². The topological polar surface area (TPSA) is 94.2 Å². The molecule has 1 saturated carbocycles. The summed E-state index contributed by atoms with van der Waals surface area (Å²) in [6, 6.07) is 5.62. The molecule has 2 rings (SSSR count). The van der Waals surface area contributed by atoms with E-state index in [4.69, 9.17) is 14.2 Å². The molecule has 1 aliphatic carbocycles. The van der Waals surface area contributed by atoms with Crippen molar-refractivity contribution in [2.24, 2.45) is 0 Å². The molecule has 1 N–H and O–H groups in total. The number of amides is 2. The molecule has 8 nitrogen and oxygen atoms in total. The summed E-state index contributed by atoms with van der Waals surface area (Å²) in [5, 5.41) is 2.80. The van der Waals surface area contributed by atoms with E-state index in [-0.39, 0.29) is 31.5 Å². The summed E-state index contributed by atoms with van der Waals surface area (Å²) in [4.78, 5) is 36.8. The summed E-state index contributed by atoms with van der Waals surface area (Å²) in [6.45, 7) is -0.427. The molecule has 1 fully saturated rings. The minimum absolute atomic E-state index is 0.0452. The van der Waals surface area contributed by atoms with Gasteiger partial charge < -0.3 is 24.4 Å². The summed E-state index contributed by atoms with van der Waals surface area (Å²) in [5.74, 6) is 0.169. The normalized spacial score (nSPS) is 12.9. The van der Waals surface area contributed by atoms with E-state index in [0.29, 0.717) is 17.9 Å². The van der Waals surface area contributed by atoms with Crippen LogP contribution in [0.25, 0.3) is 0 Å².